The van der Waals surface area contributed by atoms with Crippen LogP contribution in [-0.4, -0.2) is 11.1 Å². The van der Waals surface area contributed by atoms with Gasteiger partial charge in [-0.05, 0) is 37.1 Å². The second-order valence-corrected chi connectivity index (χ2v) is 2.72. The van der Waals surface area contributed by atoms with Crippen LogP contribution in [0.5, 0.6) is 0 Å². The van der Waals surface area contributed by atoms with Crippen molar-refractivity contribution in [3.8, 4) is 0 Å². The van der Waals surface area contributed by atoms with Crippen molar-refractivity contribution in [3.05, 3.63) is 34.6 Å². The average Bonchev–Trinajstić information content (AvgIpc) is 2.14. The van der Waals surface area contributed by atoms with Crippen LogP contribution in [0.15, 0.2) is 12.1 Å². The zero-order valence-electron chi connectivity index (χ0n) is 8.89. The molecule has 0 aliphatic heterocycles. The zero-order chi connectivity index (χ0) is 11.3. The lowest BCUT2D eigenvalue weighted by molar-refractivity contribution is 0.0695. The molecule has 0 spiro atoms. The lowest BCUT2D eigenvalue weighted by atomic mass is 10.1. The van der Waals surface area contributed by atoms with Crippen molar-refractivity contribution in [1.29, 1.82) is 0 Å². The average molecular weight is 198 g/mol. The summed E-state index contributed by atoms with van der Waals surface area (Å²) < 4.78 is 12.9. The molecule has 14 heavy (non-hydrogen) atoms. The van der Waals surface area contributed by atoms with Gasteiger partial charge in [-0.3, -0.25) is 0 Å². The van der Waals surface area contributed by atoms with Gasteiger partial charge in [-0.15, -0.1) is 0 Å². The van der Waals surface area contributed by atoms with Crippen LogP contribution < -0.4 is 0 Å². The quantitative estimate of drug-likeness (QED) is 0.752. The number of aryl methyl sites for hydroxylation is 1. The Bertz CT molecular complexity index is 332. The molecule has 1 N–H and O–H groups in total. The van der Waals surface area contributed by atoms with E-state index < -0.39 is 11.8 Å². The molecule has 78 valence electrons. The van der Waals surface area contributed by atoms with Crippen LogP contribution in [0.1, 0.15) is 35.3 Å². The van der Waals surface area contributed by atoms with E-state index in [4.69, 9.17) is 5.11 Å². The lowest BCUT2D eigenvalue weighted by Gasteiger charge is -2.02. The van der Waals surface area contributed by atoms with Gasteiger partial charge in [0.05, 0.1) is 5.56 Å². The minimum atomic E-state index is -1.09. The molecule has 0 atom stereocenters. The molecule has 0 aliphatic carbocycles. The highest BCUT2D eigenvalue weighted by molar-refractivity contribution is 5.89. The SMILES string of the molecule is CC.Cc1cc(F)c(C)c(C(=O)O)c1. The third kappa shape index (κ3) is 2.83. The standard InChI is InChI=1S/C9H9FO2.C2H6/c1-5-3-7(9(11)12)6(2)8(10)4-5;1-2/h3-4H,1-2H3,(H,11,12);1-2H3. The molecule has 1 aromatic rings. The van der Waals surface area contributed by atoms with Crippen molar-refractivity contribution in [1.82, 2.24) is 0 Å². The van der Waals surface area contributed by atoms with Crippen LogP contribution in [0.3, 0.4) is 0 Å². The predicted molar refractivity (Wildman–Crippen MR) is 54.2 cm³/mol. The normalized spacial score (nSPS) is 8.93. The Morgan fingerprint density at radius 2 is 1.79 bits per heavy atom. The molecule has 1 rings (SSSR count). The number of hydrogen-bond acceptors (Lipinski definition) is 1. The van der Waals surface area contributed by atoms with E-state index in [1.807, 2.05) is 13.8 Å². The first kappa shape index (κ1) is 12.6. The minimum absolute atomic E-state index is 0.0347. The van der Waals surface area contributed by atoms with Crippen LogP contribution in [0, 0.1) is 19.7 Å². The summed E-state index contributed by atoms with van der Waals surface area (Å²) in [6, 6.07) is 2.78. The van der Waals surface area contributed by atoms with Gasteiger partial charge >= 0.3 is 5.97 Å². The number of carbonyl (C=O) groups is 1. The minimum Gasteiger partial charge on any atom is -0.478 e. The maximum absolute atomic E-state index is 12.9. The van der Waals surface area contributed by atoms with E-state index in [1.165, 1.54) is 19.1 Å². The molecule has 0 bridgehead atoms. The van der Waals surface area contributed by atoms with Crippen molar-refractivity contribution in [2.24, 2.45) is 0 Å². The maximum Gasteiger partial charge on any atom is 0.336 e. The van der Waals surface area contributed by atoms with E-state index in [0.29, 0.717) is 5.56 Å². The second kappa shape index (κ2) is 5.37. The van der Waals surface area contributed by atoms with Gasteiger partial charge < -0.3 is 5.11 Å². The molecule has 0 saturated carbocycles. The summed E-state index contributed by atoms with van der Waals surface area (Å²) in [6.07, 6.45) is 0. The molecule has 0 fully saturated rings. The molecule has 0 aromatic heterocycles. The van der Waals surface area contributed by atoms with Crippen molar-refractivity contribution < 1.29 is 14.3 Å². The summed E-state index contributed by atoms with van der Waals surface area (Å²) in [5.41, 5.74) is 0.844. The first-order valence-electron chi connectivity index (χ1n) is 4.52. The van der Waals surface area contributed by atoms with Crippen LogP contribution in [-0.2, 0) is 0 Å². The van der Waals surface area contributed by atoms with Crippen LogP contribution >= 0.6 is 0 Å². The van der Waals surface area contributed by atoms with Crippen molar-refractivity contribution in [2.45, 2.75) is 27.7 Å². The predicted octanol–water partition coefficient (Wildman–Crippen LogP) is 3.17. The Kier molecular flexibility index (Phi) is 4.84. The molecular formula is C11H15FO2. The highest BCUT2D eigenvalue weighted by atomic mass is 19.1. The van der Waals surface area contributed by atoms with E-state index >= 15 is 0 Å². The largest absolute Gasteiger partial charge is 0.478 e. The van der Waals surface area contributed by atoms with Gasteiger partial charge in [0, 0.05) is 0 Å². The number of hydrogen-bond donors (Lipinski definition) is 1. The van der Waals surface area contributed by atoms with Gasteiger partial charge in [0.2, 0.25) is 0 Å². The van der Waals surface area contributed by atoms with Crippen molar-refractivity contribution in [3.63, 3.8) is 0 Å². The van der Waals surface area contributed by atoms with E-state index in [1.54, 1.807) is 6.92 Å². The summed E-state index contributed by atoms with van der Waals surface area (Å²) in [5.74, 6) is -1.55. The number of carboxylic acid groups (broad SMARTS) is 1. The first-order chi connectivity index (χ1) is 6.52. The maximum atomic E-state index is 12.9. The summed E-state index contributed by atoms with van der Waals surface area (Å²) in [5, 5.41) is 8.65. The zero-order valence-corrected chi connectivity index (χ0v) is 8.89. The fraction of sp³-hybridized carbons (Fsp3) is 0.364. The Balaban J connectivity index is 0.000000791. The highest BCUT2D eigenvalue weighted by Gasteiger charge is 2.10. The van der Waals surface area contributed by atoms with Gasteiger partial charge in [0.25, 0.3) is 0 Å². The molecule has 0 radical (unpaired) electrons. The molecule has 0 heterocycles. The fourth-order valence-corrected chi connectivity index (χ4v) is 1.04. The van der Waals surface area contributed by atoms with E-state index in [2.05, 4.69) is 0 Å². The van der Waals surface area contributed by atoms with E-state index in [-0.39, 0.29) is 11.1 Å². The monoisotopic (exact) mass is 198 g/mol. The molecule has 1 aromatic carbocycles. The summed E-state index contributed by atoms with van der Waals surface area (Å²) in [6.45, 7) is 7.12. The Morgan fingerprint density at radius 3 is 2.21 bits per heavy atom. The molecule has 2 nitrogen and oxygen atoms in total. The Morgan fingerprint density at radius 1 is 1.29 bits per heavy atom. The molecule has 0 saturated heterocycles. The van der Waals surface area contributed by atoms with Crippen molar-refractivity contribution in [2.75, 3.05) is 0 Å². The van der Waals surface area contributed by atoms with Crippen molar-refractivity contribution >= 4 is 5.97 Å². The van der Waals surface area contributed by atoms with Gasteiger partial charge in [-0.25, -0.2) is 9.18 Å². The number of benzene rings is 1. The van der Waals surface area contributed by atoms with E-state index in [9.17, 15) is 9.18 Å². The molecular weight excluding hydrogens is 183 g/mol. The van der Waals surface area contributed by atoms with Gasteiger partial charge in [-0.2, -0.15) is 0 Å². The summed E-state index contributed by atoms with van der Waals surface area (Å²) in [7, 11) is 0. The van der Waals surface area contributed by atoms with E-state index in [0.717, 1.165) is 0 Å². The van der Waals surface area contributed by atoms with Crippen LogP contribution in [0.4, 0.5) is 4.39 Å². The molecule has 0 amide bonds. The lowest BCUT2D eigenvalue weighted by Crippen LogP contribution is -2.02. The van der Waals surface area contributed by atoms with Crippen LogP contribution in [0.2, 0.25) is 0 Å². The fourth-order valence-electron chi connectivity index (χ4n) is 1.04. The first-order valence-corrected chi connectivity index (χ1v) is 4.52. The Hall–Kier alpha value is -1.38. The number of halogens is 1. The summed E-state index contributed by atoms with van der Waals surface area (Å²) in [4.78, 5) is 10.6. The Labute approximate surface area is 83.4 Å². The number of carboxylic acids is 1. The second-order valence-electron chi connectivity index (χ2n) is 2.72. The highest BCUT2D eigenvalue weighted by Crippen LogP contribution is 2.14. The van der Waals surface area contributed by atoms with Crippen LogP contribution in [0.25, 0.3) is 0 Å². The van der Waals surface area contributed by atoms with Gasteiger partial charge in [0.1, 0.15) is 5.82 Å². The van der Waals surface area contributed by atoms with Gasteiger partial charge in [0.15, 0.2) is 0 Å². The topological polar surface area (TPSA) is 37.3 Å². The third-order valence-electron chi connectivity index (χ3n) is 1.72. The molecule has 0 aliphatic rings. The smallest absolute Gasteiger partial charge is 0.336 e. The molecule has 3 heteroatoms. The number of rotatable bonds is 1. The number of aromatic carboxylic acids is 1. The van der Waals surface area contributed by atoms with Gasteiger partial charge in [-0.1, -0.05) is 13.8 Å². The summed E-state index contributed by atoms with van der Waals surface area (Å²) >= 11 is 0. The molecule has 0 unspecified atom stereocenters. The third-order valence-corrected chi connectivity index (χ3v) is 1.72.